The van der Waals surface area contributed by atoms with Gasteiger partial charge in [0, 0.05) is 22.4 Å². The van der Waals surface area contributed by atoms with E-state index in [2.05, 4.69) is 4.98 Å². The van der Waals surface area contributed by atoms with Crippen molar-refractivity contribution in [3.05, 3.63) is 67.6 Å². The van der Waals surface area contributed by atoms with Crippen LogP contribution < -0.4 is 5.56 Å². The van der Waals surface area contributed by atoms with E-state index in [0.717, 1.165) is 30.5 Å². The van der Waals surface area contributed by atoms with E-state index in [1.54, 1.807) is 0 Å². The van der Waals surface area contributed by atoms with Crippen molar-refractivity contribution in [1.29, 1.82) is 10.5 Å². The molecule has 0 saturated heterocycles. The molecule has 1 aliphatic carbocycles. The number of carbonyl (C=O) groups is 1. The summed E-state index contributed by atoms with van der Waals surface area (Å²) < 4.78 is 0. The van der Waals surface area contributed by atoms with Crippen LogP contribution in [0.25, 0.3) is 0 Å². The minimum absolute atomic E-state index is 0.228. The molecule has 3 rings (SSSR count). The Morgan fingerprint density at radius 2 is 1.70 bits per heavy atom. The topological polar surface area (TPSA) is 97.5 Å². The monoisotopic (exact) mass is 359 g/mol. The molecule has 1 aromatic heterocycles. The Labute approximate surface area is 158 Å². The maximum absolute atomic E-state index is 13.4. The minimum Gasteiger partial charge on any atom is -0.326 e. The molecule has 0 unspecified atom stereocenters. The summed E-state index contributed by atoms with van der Waals surface area (Å²) >= 11 is 0. The van der Waals surface area contributed by atoms with Crippen molar-refractivity contribution < 1.29 is 4.79 Å². The SMILES string of the molecule is CCc1[nH]c(=O)c(CC)c(C(=O)c2cc(C#N)cc(C#N)c2)c1CC1CC1. The second-order valence-electron chi connectivity index (χ2n) is 6.97. The number of aryl methyl sites for hydroxylation is 1. The largest absolute Gasteiger partial charge is 0.326 e. The van der Waals surface area contributed by atoms with Gasteiger partial charge in [0.2, 0.25) is 0 Å². The Morgan fingerprint density at radius 3 is 2.19 bits per heavy atom. The van der Waals surface area contributed by atoms with E-state index >= 15 is 0 Å². The Morgan fingerprint density at radius 1 is 1.07 bits per heavy atom. The van der Waals surface area contributed by atoms with Gasteiger partial charge in [0.15, 0.2) is 5.78 Å². The Balaban J connectivity index is 2.24. The fraction of sp³-hybridized carbons (Fsp3) is 0.364. The number of H-pyrrole nitrogens is 1. The number of carbonyl (C=O) groups excluding carboxylic acids is 1. The molecule has 5 heteroatoms. The third-order valence-corrected chi connectivity index (χ3v) is 5.08. The van der Waals surface area contributed by atoms with Gasteiger partial charge in [0.25, 0.3) is 5.56 Å². The minimum atomic E-state index is -0.281. The molecule has 0 bridgehead atoms. The van der Waals surface area contributed by atoms with Crippen molar-refractivity contribution in [2.24, 2.45) is 5.92 Å². The highest BCUT2D eigenvalue weighted by molar-refractivity contribution is 6.11. The third kappa shape index (κ3) is 3.68. The summed E-state index contributed by atoms with van der Waals surface area (Å²) in [6.07, 6.45) is 4.14. The van der Waals surface area contributed by atoms with Crippen molar-refractivity contribution in [1.82, 2.24) is 4.98 Å². The first-order chi connectivity index (χ1) is 13.0. The summed E-state index contributed by atoms with van der Waals surface area (Å²) in [4.78, 5) is 29.0. The van der Waals surface area contributed by atoms with Crippen LogP contribution in [0.15, 0.2) is 23.0 Å². The van der Waals surface area contributed by atoms with E-state index < -0.39 is 0 Å². The van der Waals surface area contributed by atoms with Crippen LogP contribution in [-0.2, 0) is 19.3 Å². The summed E-state index contributed by atoms with van der Waals surface area (Å²) in [6.45, 7) is 3.83. The molecule has 1 saturated carbocycles. The molecule has 1 heterocycles. The van der Waals surface area contributed by atoms with Gasteiger partial charge >= 0.3 is 0 Å². The molecule has 0 amide bonds. The van der Waals surface area contributed by atoms with Gasteiger partial charge in [-0.25, -0.2) is 0 Å². The number of rotatable bonds is 6. The molecule has 5 nitrogen and oxygen atoms in total. The number of hydrogen-bond donors (Lipinski definition) is 1. The number of pyridine rings is 1. The van der Waals surface area contributed by atoms with Gasteiger partial charge in [-0.3, -0.25) is 9.59 Å². The first kappa shape index (κ1) is 18.6. The standard InChI is InChI=1S/C22H21N3O2/c1-3-17-20(18(10-13-5-6-13)19(4-2)25-22(17)27)21(26)16-8-14(11-23)7-15(9-16)12-24/h7-9,13H,3-6,10H2,1-2H3,(H,25,27). The maximum atomic E-state index is 13.4. The number of nitrogens with one attached hydrogen (secondary N) is 1. The van der Waals surface area contributed by atoms with Crippen molar-refractivity contribution in [3.8, 4) is 12.1 Å². The molecule has 0 radical (unpaired) electrons. The van der Waals surface area contributed by atoms with Crippen LogP contribution >= 0.6 is 0 Å². The van der Waals surface area contributed by atoms with Crippen LogP contribution in [0.3, 0.4) is 0 Å². The molecule has 1 aliphatic rings. The zero-order valence-electron chi connectivity index (χ0n) is 15.6. The van der Waals surface area contributed by atoms with Crippen LogP contribution in [0.4, 0.5) is 0 Å². The number of hydrogen-bond acceptors (Lipinski definition) is 4. The Kier molecular flexibility index (Phi) is 5.23. The number of benzene rings is 1. The van der Waals surface area contributed by atoms with Gasteiger partial charge in [-0.2, -0.15) is 10.5 Å². The zero-order valence-corrected chi connectivity index (χ0v) is 15.6. The highest BCUT2D eigenvalue weighted by Gasteiger charge is 2.29. The van der Waals surface area contributed by atoms with Crippen LogP contribution in [0, 0.1) is 28.6 Å². The van der Waals surface area contributed by atoms with E-state index in [1.807, 2.05) is 26.0 Å². The maximum Gasteiger partial charge on any atom is 0.252 e. The molecule has 1 fully saturated rings. The lowest BCUT2D eigenvalue weighted by atomic mass is 9.88. The average molecular weight is 359 g/mol. The van der Waals surface area contributed by atoms with E-state index in [4.69, 9.17) is 0 Å². The quantitative estimate of drug-likeness (QED) is 0.799. The van der Waals surface area contributed by atoms with Gasteiger partial charge in [-0.1, -0.05) is 13.8 Å². The lowest BCUT2D eigenvalue weighted by Gasteiger charge is -2.17. The molecule has 0 aliphatic heterocycles. The van der Waals surface area contributed by atoms with Crippen LogP contribution in [-0.4, -0.2) is 10.8 Å². The van der Waals surface area contributed by atoms with Crippen molar-refractivity contribution in [2.45, 2.75) is 46.0 Å². The van der Waals surface area contributed by atoms with Gasteiger partial charge in [0.1, 0.15) is 0 Å². The van der Waals surface area contributed by atoms with Gasteiger partial charge in [-0.15, -0.1) is 0 Å². The first-order valence-electron chi connectivity index (χ1n) is 9.29. The highest BCUT2D eigenvalue weighted by Crippen LogP contribution is 2.35. The first-order valence-corrected chi connectivity index (χ1v) is 9.29. The molecule has 27 heavy (non-hydrogen) atoms. The second-order valence-corrected chi connectivity index (χ2v) is 6.97. The van der Waals surface area contributed by atoms with Gasteiger partial charge in [-0.05, 0) is 61.8 Å². The normalized spacial score (nSPS) is 13.0. The van der Waals surface area contributed by atoms with Gasteiger partial charge < -0.3 is 4.98 Å². The molecule has 0 spiro atoms. The van der Waals surface area contributed by atoms with Crippen LogP contribution in [0.2, 0.25) is 0 Å². The molecular weight excluding hydrogens is 338 g/mol. The predicted octanol–water partition coefficient (Wildman–Crippen LogP) is 3.43. The Bertz CT molecular complexity index is 1010. The highest BCUT2D eigenvalue weighted by atomic mass is 16.1. The van der Waals surface area contributed by atoms with Crippen molar-refractivity contribution in [3.63, 3.8) is 0 Å². The summed E-state index contributed by atoms with van der Waals surface area (Å²) in [7, 11) is 0. The molecule has 0 atom stereocenters. The average Bonchev–Trinajstić information content (AvgIpc) is 3.51. The van der Waals surface area contributed by atoms with E-state index in [-0.39, 0.29) is 28.0 Å². The van der Waals surface area contributed by atoms with Crippen molar-refractivity contribution in [2.75, 3.05) is 0 Å². The number of ketones is 1. The lowest BCUT2D eigenvalue weighted by molar-refractivity contribution is 0.103. The van der Waals surface area contributed by atoms with Gasteiger partial charge in [0.05, 0.1) is 23.3 Å². The smallest absolute Gasteiger partial charge is 0.252 e. The summed E-state index contributed by atoms with van der Waals surface area (Å²) in [6, 6.07) is 8.44. The zero-order chi connectivity index (χ0) is 19.6. The lowest BCUT2D eigenvalue weighted by Crippen LogP contribution is -2.24. The molecule has 2 aromatic rings. The fourth-order valence-corrected chi connectivity index (χ4v) is 3.52. The molecular formula is C22H21N3O2. The summed E-state index contributed by atoms with van der Waals surface area (Å²) in [5.74, 6) is 0.273. The van der Waals surface area contributed by atoms with Crippen LogP contribution in [0.5, 0.6) is 0 Å². The molecule has 1 N–H and O–H groups in total. The number of nitriles is 2. The van der Waals surface area contributed by atoms with E-state index in [0.29, 0.717) is 29.9 Å². The second kappa shape index (κ2) is 7.60. The van der Waals surface area contributed by atoms with E-state index in [1.165, 1.54) is 18.2 Å². The summed E-state index contributed by atoms with van der Waals surface area (Å²) in [5.41, 5.74) is 3.25. The fourth-order valence-electron chi connectivity index (χ4n) is 3.52. The third-order valence-electron chi connectivity index (χ3n) is 5.08. The van der Waals surface area contributed by atoms with Crippen molar-refractivity contribution >= 4 is 5.78 Å². The number of aromatic amines is 1. The van der Waals surface area contributed by atoms with E-state index in [9.17, 15) is 20.1 Å². The number of nitrogens with zero attached hydrogens (tertiary/aromatic N) is 2. The Hall–Kier alpha value is -3.18. The van der Waals surface area contributed by atoms with Crippen LogP contribution in [0.1, 0.15) is 70.6 Å². The number of aromatic nitrogens is 1. The molecule has 1 aromatic carbocycles. The predicted molar refractivity (Wildman–Crippen MR) is 102 cm³/mol. The molecule has 136 valence electrons. The summed E-state index contributed by atoms with van der Waals surface area (Å²) in [5, 5.41) is 18.4.